The summed E-state index contributed by atoms with van der Waals surface area (Å²) in [7, 11) is -1.52. The van der Waals surface area contributed by atoms with E-state index in [1.54, 1.807) is 24.4 Å². The monoisotopic (exact) mass is 459 g/mol. The van der Waals surface area contributed by atoms with Crippen molar-refractivity contribution in [2.75, 3.05) is 4.72 Å². The van der Waals surface area contributed by atoms with Gasteiger partial charge in [-0.1, -0.05) is 35.5 Å². The zero-order valence-electron chi connectivity index (χ0n) is 17.2. The van der Waals surface area contributed by atoms with Gasteiger partial charge in [0.1, 0.15) is 12.1 Å². The van der Waals surface area contributed by atoms with Crippen molar-refractivity contribution in [1.82, 2.24) is 10.1 Å². The van der Waals surface area contributed by atoms with Crippen LogP contribution in [0.2, 0.25) is 0 Å². The summed E-state index contributed by atoms with van der Waals surface area (Å²) in [6.45, 7) is -0.194. The molecule has 0 fully saturated rings. The number of nitrogens with zero attached hydrogens (tertiary/aromatic N) is 2. The van der Waals surface area contributed by atoms with Crippen molar-refractivity contribution in [3.05, 3.63) is 96.6 Å². The van der Waals surface area contributed by atoms with Crippen LogP contribution < -0.4 is 4.72 Å². The number of rotatable bonds is 6. The Bertz CT molecular complexity index is 1470. The number of anilines is 1. The summed E-state index contributed by atoms with van der Waals surface area (Å²) >= 11 is 0. The summed E-state index contributed by atoms with van der Waals surface area (Å²) in [5.74, 6) is 0.0684. The number of hydrogen-bond donors (Lipinski definition) is 2. The van der Waals surface area contributed by atoms with Gasteiger partial charge in [0.25, 0.3) is 0 Å². The number of benzene rings is 3. The normalized spacial score (nSPS) is 12.1. The smallest absolute Gasteiger partial charge is 0.181 e. The highest BCUT2D eigenvalue weighted by Gasteiger charge is 2.14. The van der Waals surface area contributed by atoms with Gasteiger partial charge in [-0.2, -0.15) is 0 Å². The molecule has 1 atom stereocenters. The minimum atomic E-state index is -1.52. The quantitative estimate of drug-likeness (QED) is 0.359. The van der Waals surface area contributed by atoms with E-state index in [0.717, 1.165) is 27.5 Å². The summed E-state index contributed by atoms with van der Waals surface area (Å²) in [6, 6.07) is 20.8. The first-order valence-corrected chi connectivity index (χ1v) is 11.2. The fourth-order valence-electron chi connectivity index (χ4n) is 3.71. The van der Waals surface area contributed by atoms with Crippen molar-refractivity contribution in [2.24, 2.45) is 0 Å². The molecule has 0 saturated carbocycles. The predicted molar refractivity (Wildman–Crippen MR) is 125 cm³/mol. The molecule has 0 aliphatic rings. The SMILES string of the molecule is O=S(Nc1ccon1)c1ccc2c(-c3ccc(-c4cccc(F)c4)cc3CO)nccc2c1. The third-order valence-corrected chi connectivity index (χ3v) is 6.35. The zero-order valence-corrected chi connectivity index (χ0v) is 18.1. The molecule has 164 valence electrons. The molecule has 0 spiro atoms. The van der Waals surface area contributed by atoms with E-state index < -0.39 is 11.0 Å². The topological polar surface area (TPSA) is 88.2 Å². The van der Waals surface area contributed by atoms with Crippen molar-refractivity contribution in [2.45, 2.75) is 11.5 Å². The third kappa shape index (κ3) is 4.26. The van der Waals surface area contributed by atoms with Gasteiger partial charge in [0.15, 0.2) is 16.8 Å². The number of halogens is 1. The summed E-state index contributed by atoms with van der Waals surface area (Å²) in [6.07, 6.45) is 3.08. The average Bonchev–Trinajstić information content (AvgIpc) is 3.36. The molecule has 5 aromatic rings. The van der Waals surface area contributed by atoms with E-state index in [-0.39, 0.29) is 12.4 Å². The maximum absolute atomic E-state index is 13.7. The molecule has 2 heterocycles. The molecule has 0 aliphatic heterocycles. The number of aliphatic hydroxyl groups is 1. The molecule has 0 bridgehead atoms. The molecule has 6 nitrogen and oxygen atoms in total. The third-order valence-electron chi connectivity index (χ3n) is 5.27. The van der Waals surface area contributed by atoms with Crippen LogP contribution in [0, 0.1) is 5.82 Å². The first-order valence-electron chi connectivity index (χ1n) is 10.1. The lowest BCUT2D eigenvalue weighted by atomic mass is 9.95. The summed E-state index contributed by atoms with van der Waals surface area (Å²) in [4.78, 5) is 5.13. The fraction of sp³-hybridized carbons (Fsp3) is 0.0400. The summed E-state index contributed by atoms with van der Waals surface area (Å²) < 4.78 is 33.8. The van der Waals surface area contributed by atoms with Gasteiger partial charge in [0, 0.05) is 23.2 Å². The van der Waals surface area contributed by atoms with Crippen LogP contribution in [0.1, 0.15) is 5.56 Å². The van der Waals surface area contributed by atoms with Gasteiger partial charge in [0.05, 0.1) is 17.2 Å². The average molecular weight is 460 g/mol. The van der Waals surface area contributed by atoms with Crippen LogP contribution in [0.5, 0.6) is 0 Å². The number of nitrogens with one attached hydrogen (secondary N) is 1. The van der Waals surface area contributed by atoms with E-state index in [2.05, 4.69) is 14.9 Å². The maximum atomic E-state index is 13.7. The van der Waals surface area contributed by atoms with E-state index in [4.69, 9.17) is 4.52 Å². The molecule has 2 N–H and O–H groups in total. The van der Waals surface area contributed by atoms with Gasteiger partial charge < -0.3 is 9.63 Å². The van der Waals surface area contributed by atoms with Gasteiger partial charge in [0.2, 0.25) is 0 Å². The Labute approximate surface area is 191 Å². The van der Waals surface area contributed by atoms with Crippen molar-refractivity contribution < 1.29 is 18.2 Å². The van der Waals surface area contributed by atoms with Crippen molar-refractivity contribution in [3.63, 3.8) is 0 Å². The van der Waals surface area contributed by atoms with Crippen LogP contribution >= 0.6 is 0 Å². The van der Waals surface area contributed by atoms with Crippen LogP contribution in [-0.2, 0) is 17.6 Å². The van der Waals surface area contributed by atoms with E-state index in [0.29, 0.717) is 22.0 Å². The maximum Gasteiger partial charge on any atom is 0.181 e. The predicted octanol–water partition coefficient (Wildman–Crippen LogP) is 5.32. The molecule has 3 aromatic carbocycles. The molecule has 2 aromatic heterocycles. The van der Waals surface area contributed by atoms with Gasteiger partial charge in [-0.25, -0.2) is 8.60 Å². The lowest BCUT2D eigenvalue weighted by Crippen LogP contribution is -2.05. The Morgan fingerprint density at radius 2 is 1.88 bits per heavy atom. The Hall–Kier alpha value is -3.88. The first-order chi connectivity index (χ1) is 16.1. The number of fused-ring (bicyclic) bond motifs is 1. The van der Waals surface area contributed by atoms with Crippen molar-refractivity contribution in [3.8, 4) is 22.4 Å². The van der Waals surface area contributed by atoms with E-state index >= 15 is 0 Å². The molecular weight excluding hydrogens is 441 g/mol. The largest absolute Gasteiger partial charge is 0.392 e. The minimum Gasteiger partial charge on any atom is -0.392 e. The zero-order chi connectivity index (χ0) is 22.8. The summed E-state index contributed by atoms with van der Waals surface area (Å²) in [5, 5.41) is 15.5. The molecular formula is C25H18FN3O3S. The molecule has 5 rings (SSSR count). The van der Waals surface area contributed by atoms with E-state index in [1.807, 2.05) is 42.5 Å². The Balaban J connectivity index is 1.53. The lowest BCUT2D eigenvalue weighted by Gasteiger charge is -2.13. The molecule has 0 saturated heterocycles. The molecule has 33 heavy (non-hydrogen) atoms. The van der Waals surface area contributed by atoms with Gasteiger partial charge in [-0.05, 0) is 58.5 Å². The van der Waals surface area contributed by atoms with Crippen LogP contribution in [0.3, 0.4) is 0 Å². The molecule has 0 aliphatic carbocycles. The second kappa shape index (κ2) is 8.93. The van der Waals surface area contributed by atoms with Gasteiger partial charge >= 0.3 is 0 Å². The van der Waals surface area contributed by atoms with Gasteiger partial charge in [-0.3, -0.25) is 9.71 Å². The number of hydrogen-bond acceptors (Lipinski definition) is 5. The second-order valence-electron chi connectivity index (χ2n) is 7.34. The lowest BCUT2D eigenvalue weighted by molar-refractivity contribution is 0.282. The molecule has 0 amide bonds. The van der Waals surface area contributed by atoms with Crippen molar-refractivity contribution in [1.29, 1.82) is 0 Å². The Kier molecular flexibility index (Phi) is 5.68. The van der Waals surface area contributed by atoms with Gasteiger partial charge in [-0.15, -0.1) is 0 Å². The van der Waals surface area contributed by atoms with Crippen molar-refractivity contribution >= 4 is 27.6 Å². The molecule has 8 heteroatoms. The van der Waals surface area contributed by atoms with Crippen LogP contribution in [0.4, 0.5) is 10.2 Å². The molecule has 1 unspecified atom stereocenters. The summed E-state index contributed by atoms with van der Waals surface area (Å²) in [5.41, 5.74) is 3.69. The fourth-order valence-corrected chi connectivity index (χ4v) is 4.55. The number of aliphatic hydroxyl groups excluding tert-OH is 1. The second-order valence-corrected chi connectivity index (χ2v) is 8.55. The highest BCUT2D eigenvalue weighted by molar-refractivity contribution is 7.86. The van der Waals surface area contributed by atoms with Crippen LogP contribution in [0.25, 0.3) is 33.2 Å². The highest BCUT2D eigenvalue weighted by Crippen LogP contribution is 2.33. The standard InChI is InChI=1S/C25H18FN3O3S/c26-20-3-1-2-16(13-20)17-4-6-23(19(12-17)15-30)25-22-7-5-21(14-18(22)8-10-27-25)33(31)29-24-9-11-32-28-24/h1-14,30H,15H2,(H,28,29). The Morgan fingerprint density at radius 1 is 1.00 bits per heavy atom. The Morgan fingerprint density at radius 3 is 2.67 bits per heavy atom. The van der Waals surface area contributed by atoms with E-state index in [1.165, 1.54) is 18.4 Å². The van der Waals surface area contributed by atoms with Crippen LogP contribution in [0.15, 0.2) is 94.7 Å². The van der Waals surface area contributed by atoms with Crippen LogP contribution in [-0.4, -0.2) is 19.5 Å². The first kappa shape index (κ1) is 21.0. The van der Waals surface area contributed by atoms with E-state index in [9.17, 15) is 13.7 Å². The minimum absolute atomic E-state index is 0.194. The number of aromatic nitrogens is 2. The highest BCUT2D eigenvalue weighted by atomic mass is 32.2. The number of pyridine rings is 1. The molecule has 0 radical (unpaired) electrons.